The topological polar surface area (TPSA) is 66.5 Å². The molecule has 0 aromatic heterocycles. The van der Waals surface area contributed by atoms with E-state index in [-0.39, 0.29) is 22.6 Å². The largest absolute Gasteiger partial charge is 0.298 e. The quantitative estimate of drug-likeness (QED) is 0.489. The van der Waals surface area contributed by atoms with Crippen molar-refractivity contribution in [2.24, 2.45) is 0 Å². The molecule has 5 nitrogen and oxygen atoms in total. The van der Waals surface area contributed by atoms with Crippen molar-refractivity contribution in [2.45, 2.75) is 6.42 Å². The summed E-state index contributed by atoms with van der Waals surface area (Å²) in [4.78, 5) is 35.8. The fourth-order valence-electron chi connectivity index (χ4n) is 2.33. The Hall–Kier alpha value is -2.77. The first-order valence-electron chi connectivity index (χ1n) is 7.73. The van der Waals surface area contributed by atoms with E-state index in [2.05, 4.69) is 5.43 Å². The molecule has 0 aliphatic carbocycles. The average molecular weight is 382 g/mol. The number of hydrogen-bond donors (Lipinski definition) is 1. The zero-order valence-corrected chi connectivity index (χ0v) is 15.2. The Morgan fingerprint density at radius 2 is 1.73 bits per heavy atom. The lowest BCUT2D eigenvalue weighted by Gasteiger charge is -2.15. The van der Waals surface area contributed by atoms with Gasteiger partial charge in [0.15, 0.2) is 4.32 Å². The van der Waals surface area contributed by atoms with Crippen LogP contribution in [0, 0.1) is 0 Å². The van der Waals surface area contributed by atoms with E-state index in [9.17, 15) is 14.4 Å². The molecular formula is C19H14N2O3S2. The Morgan fingerprint density at radius 3 is 2.38 bits per heavy atom. The molecule has 3 rings (SSSR count). The fourth-order valence-corrected chi connectivity index (χ4v) is 3.51. The van der Waals surface area contributed by atoms with Gasteiger partial charge in [0.2, 0.25) is 5.91 Å². The number of thioether (sulfide) groups is 1. The van der Waals surface area contributed by atoms with Crippen molar-refractivity contribution in [1.82, 2.24) is 10.4 Å². The maximum Gasteiger partial charge on any atom is 0.285 e. The number of aldehydes is 1. The second-order valence-electron chi connectivity index (χ2n) is 5.50. The molecule has 0 bridgehead atoms. The van der Waals surface area contributed by atoms with Gasteiger partial charge in [-0.25, -0.2) is 0 Å². The predicted molar refractivity (Wildman–Crippen MR) is 105 cm³/mol. The number of carbonyl (C=O) groups excluding carboxylic acids is 3. The minimum atomic E-state index is -0.374. The summed E-state index contributed by atoms with van der Waals surface area (Å²) in [6.07, 6.45) is 2.59. The average Bonchev–Trinajstić information content (AvgIpc) is 2.90. The lowest BCUT2D eigenvalue weighted by molar-refractivity contribution is -0.132. The third-order valence-electron chi connectivity index (χ3n) is 3.61. The van der Waals surface area contributed by atoms with Gasteiger partial charge in [0, 0.05) is 5.56 Å². The lowest BCUT2D eigenvalue weighted by Crippen LogP contribution is -2.45. The number of rotatable bonds is 5. The zero-order valence-electron chi connectivity index (χ0n) is 13.5. The molecule has 0 unspecified atom stereocenters. The first-order valence-corrected chi connectivity index (χ1v) is 8.96. The first kappa shape index (κ1) is 18.0. The second kappa shape index (κ2) is 8.07. The van der Waals surface area contributed by atoms with Gasteiger partial charge in [-0.05, 0) is 29.4 Å². The molecule has 0 saturated carbocycles. The van der Waals surface area contributed by atoms with Crippen LogP contribution in [-0.2, 0) is 16.0 Å². The number of hydrogen-bond acceptors (Lipinski definition) is 5. The third kappa shape index (κ3) is 4.25. The molecule has 2 aromatic carbocycles. The van der Waals surface area contributed by atoms with E-state index < -0.39 is 0 Å². The van der Waals surface area contributed by atoms with Crippen LogP contribution in [0.3, 0.4) is 0 Å². The van der Waals surface area contributed by atoms with E-state index in [0.29, 0.717) is 10.5 Å². The minimum absolute atomic E-state index is 0.157. The maximum absolute atomic E-state index is 12.5. The Labute approximate surface area is 160 Å². The molecule has 130 valence electrons. The number of nitrogens with zero attached hydrogens (tertiary/aromatic N) is 1. The van der Waals surface area contributed by atoms with E-state index in [1.165, 1.54) is 0 Å². The molecule has 1 heterocycles. The van der Waals surface area contributed by atoms with Gasteiger partial charge in [-0.2, -0.15) is 5.01 Å². The summed E-state index contributed by atoms with van der Waals surface area (Å²) in [5.41, 5.74) is 4.73. The van der Waals surface area contributed by atoms with E-state index in [4.69, 9.17) is 12.2 Å². The molecule has 1 aliphatic heterocycles. The molecule has 2 aromatic rings. The molecule has 7 heteroatoms. The zero-order chi connectivity index (χ0) is 18.5. The number of hydrazine groups is 1. The van der Waals surface area contributed by atoms with Gasteiger partial charge in [-0.15, -0.1) is 0 Å². The maximum atomic E-state index is 12.5. The van der Waals surface area contributed by atoms with Crippen LogP contribution in [0.15, 0.2) is 59.5 Å². The SMILES string of the molecule is O=Cc1ccc(/C=C2/SC(=S)N(NC(=O)Cc3ccccc3)C2=O)cc1. The summed E-state index contributed by atoms with van der Waals surface area (Å²) >= 11 is 6.32. The molecule has 1 aliphatic rings. The van der Waals surface area contributed by atoms with Crippen molar-refractivity contribution in [3.63, 3.8) is 0 Å². The van der Waals surface area contributed by atoms with Gasteiger partial charge in [-0.1, -0.05) is 66.4 Å². The Balaban J connectivity index is 1.69. The number of nitrogens with one attached hydrogen (secondary N) is 1. The highest BCUT2D eigenvalue weighted by atomic mass is 32.2. The van der Waals surface area contributed by atoms with Crippen LogP contribution in [0.2, 0.25) is 0 Å². The van der Waals surface area contributed by atoms with Crippen LogP contribution < -0.4 is 5.43 Å². The Kier molecular flexibility index (Phi) is 5.60. The minimum Gasteiger partial charge on any atom is -0.298 e. The molecule has 26 heavy (non-hydrogen) atoms. The van der Waals surface area contributed by atoms with E-state index in [0.717, 1.165) is 34.2 Å². The van der Waals surface area contributed by atoms with Crippen molar-refractivity contribution in [1.29, 1.82) is 0 Å². The van der Waals surface area contributed by atoms with Gasteiger partial charge in [0.25, 0.3) is 5.91 Å². The highest BCUT2D eigenvalue weighted by molar-refractivity contribution is 8.26. The molecule has 1 saturated heterocycles. The fraction of sp³-hybridized carbons (Fsp3) is 0.0526. The van der Waals surface area contributed by atoms with Gasteiger partial charge < -0.3 is 0 Å². The highest BCUT2D eigenvalue weighted by Gasteiger charge is 2.33. The smallest absolute Gasteiger partial charge is 0.285 e. The predicted octanol–water partition coefficient (Wildman–Crippen LogP) is 2.97. The van der Waals surface area contributed by atoms with Crippen molar-refractivity contribution in [3.8, 4) is 0 Å². The normalized spacial score (nSPS) is 15.4. The first-order chi connectivity index (χ1) is 12.6. The van der Waals surface area contributed by atoms with Crippen LogP contribution in [0.4, 0.5) is 0 Å². The van der Waals surface area contributed by atoms with Gasteiger partial charge in [0.05, 0.1) is 11.3 Å². The van der Waals surface area contributed by atoms with Crippen molar-refractivity contribution >= 4 is 52.5 Å². The molecule has 0 atom stereocenters. The van der Waals surface area contributed by atoms with E-state index in [1.807, 2.05) is 30.3 Å². The van der Waals surface area contributed by atoms with E-state index >= 15 is 0 Å². The standard InChI is InChI=1S/C19H14N2O3S2/c22-12-15-8-6-14(7-9-15)10-16-18(24)21(19(25)26-16)20-17(23)11-13-4-2-1-3-5-13/h1-10,12H,11H2,(H,20,23)/b16-10+. The van der Waals surface area contributed by atoms with E-state index in [1.54, 1.807) is 30.3 Å². The van der Waals surface area contributed by atoms with Crippen molar-refractivity contribution in [3.05, 3.63) is 76.2 Å². The number of benzene rings is 2. The molecule has 2 amide bonds. The summed E-state index contributed by atoms with van der Waals surface area (Å²) in [6, 6.07) is 16.1. The third-order valence-corrected chi connectivity index (χ3v) is 4.91. The second-order valence-corrected chi connectivity index (χ2v) is 7.17. The molecular weight excluding hydrogens is 368 g/mol. The van der Waals surface area contributed by atoms with Crippen LogP contribution in [-0.4, -0.2) is 27.4 Å². The monoisotopic (exact) mass is 382 g/mol. The number of thiocarbonyl (C=S) groups is 1. The summed E-state index contributed by atoms with van der Waals surface area (Å²) < 4.78 is 0.271. The molecule has 0 spiro atoms. The summed E-state index contributed by atoms with van der Waals surface area (Å²) in [6.45, 7) is 0. The van der Waals surface area contributed by atoms with Gasteiger partial charge >= 0.3 is 0 Å². The summed E-state index contributed by atoms with van der Waals surface area (Å²) in [5, 5.41) is 1.09. The lowest BCUT2D eigenvalue weighted by atomic mass is 10.1. The van der Waals surface area contributed by atoms with Crippen molar-refractivity contribution in [2.75, 3.05) is 0 Å². The van der Waals surface area contributed by atoms with Crippen LogP contribution in [0.1, 0.15) is 21.5 Å². The molecule has 0 radical (unpaired) electrons. The summed E-state index contributed by atoms with van der Waals surface area (Å²) in [7, 11) is 0. The number of carbonyl (C=O) groups is 3. The Bertz CT molecular complexity index is 893. The van der Waals surface area contributed by atoms with Crippen LogP contribution in [0.5, 0.6) is 0 Å². The van der Waals surface area contributed by atoms with Crippen LogP contribution >= 0.6 is 24.0 Å². The van der Waals surface area contributed by atoms with Gasteiger partial charge in [0.1, 0.15) is 6.29 Å². The van der Waals surface area contributed by atoms with Gasteiger partial charge in [-0.3, -0.25) is 19.8 Å². The van der Waals surface area contributed by atoms with Crippen LogP contribution in [0.25, 0.3) is 6.08 Å². The highest BCUT2D eigenvalue weighted by Crippen LogP contribution is 2.31. The Morgan fingerprint density at radius 1 is 1.08 bits per heavy atom. The molecule has 1 fully saturated rings. The van der Waals surface area contributed by atoms with Crippen molar-refractivity contribution < 1.29 is 14.4 Å². The number of amides is 2. The molecule has 1 N–H and O–H groups in total. The summed E-state index contributed by atoms with van der Waals surface area (Å²) in [5.74, 6) is -0.690.